The highest BCUT2D eigenvalue weighted by molar-refractivity contribution is 5.96. The van der Waals surface area contributed by atoms with E-state index in [9.17, 15) is 38.7 Å². The molecule has 22 heteroatoms. The SMILES string of the molecule is CCCCCCC(C)(C)C(=O)OCC(CN1CC1)OC(=O)NCCCCCCN1C(=O)N(CCCCCCNC(=O)OC(C)(C)CCOC(C)(C)C)C(=O)N(CCCCCCNC(=O)OC(COC(=O)C(C)(C)CCCCCC)CN2CC2)C1O. The topological polar surface area (TPSA) is 247 Å². The number of nitrogens with zero attached hydrogens (tertiary/aromatic N) is 5. The molecular formula is C63H116N8O14. The van der Waals surface area contributed by atoms with E-state index in [1.54, 1.807) is 0 Å². The van der Waals surface area contributed by atoms with Gasteiger partial charge in [-0.1, -0.05) is 104 Å². The van der Waals surface area contributed by atoms with Crippen LogP contribution >= 0.6 is 0 Å². The number of unbranched alkanes of at least 4 members (excludes halogenated alkanes) is 15. The summed E-state index contributed by atoms with van der Waals surface area (Å²) in [6.07, 6.45) is 14.2. The van der Waals surface area contributed by atoms with Crippen molar-refractivity contribution in [3.05, 3.63) is 0 Å². The number of carbonyl (C=O) groups excluding carboxylic acids is 7. The fraction of sp³-hybridized carbons (Fsp3) is 0.889. The molecule has 22 nitrogen and oxygen atoms in total. The van der Waals surface area contributed by atoms with Crippen LogP contribution in [0.25, 0.3) is 0 Å². The molecule has 4 N–H and O–H groups in total. The summed E-state index contributed by atoms with van der Waals surface area (Å²) in [7, 11) is 0. The maximum atomic E-state index is 14.0. The first-order chi connectivity index (χ1) is 40.3. The van der Waals surface area contributed by atoms with E-state index < -0.39 is 65.3 Å². The Morgan fingerprint density at radius 3 is 1.27 bits per heavy atom. The third kappa shape index (κ3) is 32.8. The molecule has 3 rings (SSSR count). The summed E-state index contributed by atoms with van der Waals surface area (Å²) in [5.41, 5.74) is -2.22. The van der Waals surface area contributed by atoms with Crippen molar-refractivity contribution in [2.24, 2.45) is 10.8 Å². The van der Waals surface area contributed by atoms with Gasteiger partial charge in [-0.05, 0) is 114 Å². The molecule has 85 heavy (non-hydrogen) atoms. The molecule has 0 aromatic rings. The summed E-state index contributed by atoms with van der Waals surface area (Å²) in [5, 5.41) is 20.0. The highest BCUT2D eigenvalue weighted by Crippen LogP contribution is 2.28. The highest BCUT2D eigenvalue weighted by Gasteiger charge is 2.43. The standard InChI is InChI=1S/C63H116N8O14/c1-12-14-16-24-32-61(6,7)52(72)80-48-50(46-67-41-42-67)83-54(74)64-35-26-18-21-29-38-69-57(77)70(59(79)71(58(69)78)40-31-23-20-28-37-66-56(76)85-63(10,11)34-45-82-60(3,4)5)39-30-22-19-27-36-65-55(75)84-51(47-68-43-44-68)49-81-53(73)62(8,9)33-25-17-15-13-2/h50-51,57,77H,12-49H2,1-11H3,(H,64,74)(H,65,75)(H,66,76). The minimum atomic E-state index is -1.45. The number of amides is 7. The lowest BCUT2D eigenvalue weighted by Crippen LogP contribution is -2.66. The van der Waals surface area contributed by atoms with Crippen LogP contribution in [0.5, 0.6) is 0 Å². The maximum Gasteiger partial charge on any atom is 0.407 e. The fourth-order valence-electron chi connectivity index (χ4n) is 9.79. The van der Waals surface area contributed by atoms with Crippen LogP contribution in [-0.2, 0) is 38.0 Å². The van der Waals surface area contributed by atoms with Gasteiger partial charge >= 0.3 is 42.3 Å². The smallest absolute Gasteiger partial charge is 0.407 e. The van der Waals surface area contributed by atoms with Crippen molar-refractivity contribution < 1.29 is 67.1 Å². The first-order valence-corrected chi connectivity index (χ1v) is 32.6. The van der Waals surface area contributed by atoms with Gasteiger partial charge in [0.05, 0.1) is 23.0 Å². The van der Waals surface area contributed by atoms with Crippen LogP contribution in [0.4, 0.5) is 24.0 Å². The van der Waals surface area contributed by atoms with Gasteiger partial charge in [-0.2, -0.15) is 0 Å². The first kappa shape index (κ1) is 74.6. The van der Waals surface area contributed by atoms with E-state index in [0.717, 1.165) is 110 Å². The van der Waals surface area contributed by atoms with Gasteiger partial charge in [0.2, 0.25) is 6.35 Å². The third-order valence-corrected chi connectivity index (χ3v) is 15.7. The number of carbonyl (C=O) groups is 7. The molecule has 3 aliphatic rings. The first-order valence-electron chi connectivity index (χ1n) is 32.6. The van der Waals surface area contributed by atoms with E-state index >= 15 is 0 Å². The van der Waals surface area contributed by atoms with E-state index in [-0.39, 0.29) is 50.4 Å². The molecule has 0 aromatic carbocycles. The molecule has 0 aliphatic carbocycles. The minimum absolute atomic E-state index is 0.00659. The largest absolute Gasteiger partial charge is 0.461 e. The normalized spacial score (nSPS) is 16.7. The predicted molar refractivity (Wildman–Crippen MR) is 328 cm³/mol. The Labute approximate surface area is 510 Å². The van der Waals surface area contributed by atoms with Crippen LogP contribution in [0.1, 0.15) is 224 Å². The Morgan fingerprint density at radius 2 is 0.882 bits per heavy atom. The molecule has 492 valence electrons. The zero-order valence-corrected chi connectivity index (χ0v) is 54.6. The van der Waals surface area contributed by atoms with Gasteiger partial charge in [-0.3, -0.25) is 29.2 Å². The molecule has 3 heterocycles. The van der Waals surface area contributed by atoms with Crippen LogP contribution in [0.15, 0.2) is 0 Å². The number of hydrogen-bond acceptors (Lipinski definition) is 16. The lowest BCUT2D eigenvalue weighted by molar-refractivity contribution is -0.158. The molecule has 2 unspecified atom stereocenters. The Bertz CT molecular complexity index is 1870. The number of rotatable bonds is 47. The zero-order chi connectivity index (χ0) is 62.9. The number of imide groups is 1. The molecule has 0 bridgehead atoms. The molecule has 0 radical (unpaired) electrons. The molecule has 3 saturated heterocycles. The summed E-state index contributed by atoms with van der Waals surface area (Å²) < 4.78 is 34.2. The number of nitrogens with one attached hydrogen (secondary N) is 3. The molecule has 7 amide bonds. The lowest BCUT2D eigenvalue weighted by atomic mass is 9.87. The van der Waals surface area contributed by atoms with Gasteiger partial charge < -0.3 is 49.5 Å². The summed E-state index contributed by atoms with van der Waals surface area (Å²) in [6, 6.07) is -1.10. The average molecular weight is 1210 g/mol. The second kappa shape index (κ2) is 39.3. The number of alkyl carbamates (subject to hydrolysis) is 3. The maximum absolute atomic E-state index is 14.0. The van der Waals surface area contributed by atoms with E-state index in [4.69, 9.17) is 28.4 Å². The number of aliphatic hydroxyl groups is 1. The molecule has 0 aromatic heterocycles. The predicted octanol–water partition coefficient (Wildman–Crippen LogP) is 10.7. The van der Waals surface area contributed by atoms with Crippen molar-refractivity contribution in [1.82, 2.24) is 40.4 Å². The van der Waals surface area contributed by atoms with E-state index in [1.165, 1.54) is 14.7 Å². The Kier molecular flexibility index (Phi) is 34.5. The summed E-state index contributed by atoms with van der Waals surface area (Å²) in [5.74, 6) is -0.579. The van der Waals surface area contributed by atoms with Gasteiger partial charge in [0.25, 0.3) is 0 Å². The monoisotopic (exact) mass is 1210 g/mol. The summed E-state index contributed by atoms with van der Waals surface area (Å²) in [6.45, 7) is 28.3. The Balaban J connectivity index is 1.47. The van der Waals surface area contributed by atoms with Gasteiger partial charge in [-0.25, -0.2) is 28.9 Å². The lowest BCUT2D eigenvalue weighted by Gasteiger charge is -2.44. The molecule has 3 fully saturated rings. The molecule has 0 saturated carbocycles. The number of urea groups is 2. The van der Waals surface area contributed by atoms with Crippen molar-refractivity contribution in [2.45, 2.75) is 254 Å². The van der Waals surface area contributed by atoms with Gasteiger partial charge in [-0.15, -0.1) is 0 Å². The Hall–Kier alpha value is -4.67. The van der Waals surface area contributed by atoms with E-state index in [2.05, 4.69) is 39.6 Å². The number of aliphatic hydroxyl groups excluding tert-OH is 1. The van der Waals surface area contributed by atoms with Crippen molar-refractivity contribution in [2.75, 3.05) is 98.4 Å². The fourth-order valence-corrected chi connectivity index (χ4v) is 9.79. The average Bonchev–Trinajstić information content (AvgIpc) is 3.19. The van der Waals surface area contributed by atoms with Crippen LogP contribution in [0, 0.1) is 10.8 Å². The molecule has 2 atom stereocenters. The van der Waals surface area contributed by atoms with Crippen molar-refractivity contribution in [1.29, 1.82) is 0 Å². The van der Waals surface area contributed by atoms with Gasteiger partial charge in [0.1, 0.15) is 18.8 Å². The van der Waals surface area contributed by atoms with Gasteiger partial charge in [0, 0.05) is 85.0 Å². The van der Waals surface area contributed by atoms with Crippen LogP contribution < -0.4 is 16.0 Å². The third-order valence-electron chi connectivity index (χ3n) is 15.7. The molecule has 0 spiro atoms. The van der Waals surface area contributed by atoms with Crippen LogP contribution in [0.2, 0.25) is 0 Å². The number of ether oxygens (including phenoxy) is 6. The molecular weight excluding hydrogens is 1090 g/mol. The minimum Gasteiger partial charge on any atom is -0.461 e. The summed E-state index contributed by atoms with van der Waals surface area (Å²) >= 11 is 0. The number of esters is 2. The van der Waals surface area contributed by atoms with Crippen LogP contribution in [-0.4, -0.2) is 200 Å². The van der Waals surface area contributed by atoms with E-state index in [1.807, 2.05) is 62.3 Å². The molecule has 3 aliphatic heterocycles. The van der Waals surface area contributed by atoms with E-state index in [0.29, 0.717) is 104 Å². The van der Waals surface area contributed by atoms with Crippen molar-refractivity contribution in [3.63, 3.8) is 0 Å². The number of hydrogen-bond donors (Lipinski definition) is 4. The van der Waals surface area contributed by atoms with Crippen molar-refractivity contribution >= 4 is 42.3 Å². The second-order valence-corrected chi connectivity index (χ2v) is 26.6. The van der Waals surface area contributed by atoms with Crippen LogP contribution in [0.3, 0.4) is 0 Å². The Morgan fingerprint density at radius 1 is 0.506 bits per heavy atom. The quantitative estimate of drug-likeness (QED) is 0.0191. The zero-order valence-electron chi connectivity index (χ0n) is 54.6. The summed E-state index contributed by atoms with van der Waals surface area (Å²) in [4.78, 5) is 100. The second-order valence-electron chi connectivity index (χ2n) is 26.6. The van der Waals surface area contributed by atoms with Gasteiger partial charge in [0.15, 0.2) is 12.2 Å². The van der Waals surface area contributed by atoms with Crippen molar-refractivity contribution in [3.8, 4) is 0 Å². The highest BCUT2D eigenvalue weighted by atomic mass is 16.6.